The van der Waals surface area contributed by atoms with E-state index in [1.165, 1.54) is 23.3 Å². The lowest BCUT2D eigenvalue weighted by Crippen LogP contribution is -2.47. The van der Waals surface area contributed by atoms with Gasteiger partial charge < -0.3 is 15.4 Å². The third-order valence-corrected chi connectivity index (χ3v) is 7.02. The molecule has 1 spiro atoms. The van der Waals surface area contributed by atoms with Gasteiger partial charge in [-0.15, -0.1) is 11.3 Å². The number of nitrogens with one attached hydrogen (secondary N) is 2. The Morgan fingerprint density at radius 3 is 2.79 bits per heavy atom. The van der Waals surface area contributed by atoms with Gasteiger partial charge in [0, 0.05) is 36.9 Å². The molecular formula is C22H30N4OS. The van der Waals surface area contributed by atoms with E-state index in [-0.39, 0.29) is 11.6 Å². The van der Waals surface area contributed by atoms with Gasteiger partial charge in [-0.1, -0.05) is 18.2 Å². The summed E-state index contributed by atoms with van der Waals surface area (Å²) in [6.07, 6.45) is 6.78. The molecule has 6 heteroatoms. The van der Waals surface area contributed by atoms with Gasteiger partial charge in [0.25, 0.3) is 0 Å². The van der Waals surface area contributed by atoms with Crippen LogP contribution in [0.1, 0.15) is 59.3 Å². The molecule has 0 bridgehead atoms. The molecule has 1 aliphatic heterocycles. The highest BCUT2D eigenvalue weighted by atomic mass is 32.1. The van der Waals surface area contributed by atoms with E-state index in [4.69, 9.17) is 4.74 Å². The van der Waals surface area contributed by atoms with Crippen LogP contribution in [0.25, 0.3) is 0 Å². The third-order valence-electron chi connectivity index (χ3n) is 5.89. The average Bonchev–Trinajstić information content (AvgIpc) is 3.26. The molecule has 4 rings (SSSR count). The van der Waals surface area contributed by atoms with Crippen LogP contribution in [-0.2, 0) is 6.42 Å². The fraction of sp³-hybridized carbons (Fsp3) is 0.545. The molecule has 2 aromatic rings. The van der Waals surface area contributed by atoms with Gasteiger partial charge in [-0.25, -0.2) is 4.98 Å². The second kappa shape index (κ2) is 8.11. The molecule has 1 atom stereocenters. The van der Waals surface area contributed by atoms with Gasteiger partial charge in [-0.05, 0) is 45.6 Å². The molecule has 1 fully saturated rings. The van der Waals surface area contributed by atoms with Crippen LogP contribution in [0.5, 0.6) is 5.75 Å². The molecule has 2 aliphatic rings. The number of para-hydroxylation sites is 1. The molecule has 28 heavy (non-hydrogen) atoms. The van der Waals surface area contributed by atoms with Crippen molar-refractivity contribution in [3.63, 3.8) is 0 Å². The van der Waals surface area contributed by atoms with E-state index >= 15 is 0 Å². The highest BCUT2D eigenvalue weighted by molar-refractivity contribution is 7.11. The van der Waals surface area contributed by atoms with Crippen molar-refractivity contribution in [1.29, 1.82) is 0 Å². The van der Waals surface area contributed by atoms with Crippen molar-refractivity contribution in [1.82, 2.24) is 15.6 Å². The second-order valence-corrected chi connectivity index (χ2v) is 9.21. The van der Waals surface area contributed by atoms with Gasteiger partial charge in [0.1, 0.15) is 11.4 Å². The molecule has 1 aliphatic carbocycles. The Hall–Kier alpha value is -2.08. The van der Waals surface area contributed by atoms with Crippen LogP contribution in [0.3, 0.4) is 0 Å². The predicted molar refractivity (Wildman–Crippen MR) is 115 cm³/mol. The van der Waals surface area contributed by atoms with E-state index in [9.17, 15) is 0 Å². The molecule has 1 unspecified atom stereocenters. The maximum Gasteiger partial charge on any atom is 0.191 e. The van der Waals surface area contributed by atoms with Gasteiger partial charge in [0.05, 0.1) is 16.7 Å². The summed E-state index contributed by atoms with van der Waals surface area (Å²) in [6.45, 7) is 5.00. The Bertz CT molecular complexity index is 854. The SMILES string of the molecule is CN=C(NCCc1sc(C)nc1C)NC1CC2(CCCC2)Oc2ccccc21. The largest absolute Gasteiger partial charge is 0.487 e. The molecule has 2 N–H and O–H groups in total. The van der Waals surface area contributed by atoms with Crippen LogP contribution < -0.4 is 15.4 Å². The number of hydrogen-bond donors (Lipinski definition) is 2. The number of aryl methyl sites for hydroxylation is 2. The number of ether oxygens (including phenoxy) is 1. The van der Waals surface area contributed by atoms with Crippen molar-refractivity contribution in [2.45, 2.75) is 64.0 Å². The standard InChI is InChI=1S/C22H30N4OS/c1-15-20(28-16(2)25-15)10-13-24-21(23-3)26-18-14-22(11-6-7-12-22)27-19-9-5-4-8-17(18)19/h4-5,8-9,18H,6-7,10-14H2,1-3H3,(H2,23,24,26). The van der Waals surface area contributed by atoms with Crippen LogP contribution in [-0.4, -0.2) is 30.1 Å². The number of aliphatic imine (C=N–C) groups is 1. The van der Waals surface area contributed by atoms with Gasteiger partial charge in [0.2, 0.25) is 0 Å². The second-order valence-electron chi connectivity index (χ2n) is 7.92. The minimum Gasteiger partial charge on any atom is -0.487 e. The maximum atomic E-state index is 6.47. The number of hydrogen-bond acceptors (Lipinski definition) is 4. The fourth-order valence-corrected chi connectivity index (χ4v) is 5.47. The first kappa shape index (κ1) is 19.2. The van der Waals surface area contributed by atoms with Crippen molar-refractivity contribution in [3.05, 3.63) is 45.4 Å². The monoisotopic (exact) mass is 398 g/mol. The van der Waals surface area contributed by atoms with Crippen LogP contribution in [0, 0.1) is 13.8 Å². The van der Waals surface area contributed by atoms with E-state index in [1.54, 1.807) is 11.3 Å². The minimum atomic E-state index is -0.0118. The molecule has 0 saturated heterocycles. The number of aromatic nitrogens is 1. The summed E-state index contributed by atoms with van der Waals surface area (Å²) in [5, 5.41) is 8.29. The number of thiazole rings is 1. The number of benzene rings is 1. The zero-order valence-electron chi connectivity index (χ0n) is 17.0. The molecule has 0 radical (unpaired) electrons. The molecule has 1 aromatic carbocycles. The minimum absolute atomic E-state index is 0.0118. The van der Waals surface area contributed by atoms with E-state index < -0.39 is 0 Å². The summed E-state index contributed by atoms with van der Waals surface area (Å²) in [5.41, 5.74) is 2.37. The van der Waals surface area contributed by atoms with Gasteiger partial charge in [-0.2, -0.15) is 0 Å². The average molecular weight is 399 g/mol. The van der Waals surface area contributed by atoms with E-state index in [0.717, 1.165) is 54.6 Å². The van der Waals surface area contributed by atoms with Crippen LogP contribution in [0.4, 0.5) is 0 Å². The smallest absolute Gasteiger partial charge is 0.191 e. The Kier molecular flexibility index (Phi) is 5.58. The normalized spacial score (nSPS) is 20.7. The lowest BCUT2D eigenvalue weighted by molar-refractivity contribution is 0.0396. The quantitative estimate of drug-likeness (QED) is 0.595. The first-order chi connectivity index (χ1) is 13.6. The van der Waals surface area contributed by atoms with Gasteiger partial charge in [-0.3, -0.25) is 4.99 Å². The van der Waals surface area contributed by atoms with Crippen molar-refractivity contribution < 1.29 is 4.74 Å². The lowest BCUT2D eigenvalue weighted by atomic mass is 9.86. The first-order valence-corrected chi connectivity index (χ1v) is 11.1. The number of nitrogens with zero attached hydrogens (tertiary/aromatic N) is 2. The summed E-state index contributed by atoms with van der Waals surface area (Å²) in [6, 6.07) is 8.66. The molecule has 0 amide bonds. The number of guanidine groups is 1. The molecule has 1 aromatic heterocycles. The molecule has 1 saturated carbocycles. The van der Waals surface area contributed by atoms with Crippen LogP contribution in [0.15, 0.2) is 29.3 Å². The Morgan fingerprint density at radius 2 is 2.07 bits per heavy atom. The highest BCUT2D eigenvalue weighted by Crippen LogP contribution is 2.46. The van der Waals surface area contributed by atoms with E-state index in [1.807, 2.05) is 7.05 Å². The van der Waals surface area contributed by atoms with Crippen LogP contribution in [0.2, 0.25) is 0 Å². The summed E-state index contributed by atoms with van der Waals surface area (Å²) in [7, 11) is 1.84. The molecule has 150 valence electrons. The molecule has 5 nitrogen and oxygen atoms in total. The van der Waals surface area contributed by atoms with Crippen LogP contribution >= 0.6 is 11.3 Å². The zero-order valence-corrected chi connectivity index (χ0v) is 17.9. The maximum absolute atomic E-state index is 6.47. The zero-order chi connectivity index (χ0) is 19.6. The molecular weight excluding hydrogens is 368 g/mol. The Balaban J connectivity index is 1.43. The first-order valence-electron chi connectivity index (χ1n) is 10.3. The predicted octanol–water partition coefficient (Wildman–Crippen LogP) is 4.30. The summed E-state index contributed by atoms with van der Waals surface area (Å²) in [4.78, 5) is 10.3. The summed E-state index contributed by atoms with van der Waals surface area (Å²) in [5.74, 6) is 1.88. The third kappa shape index (κ3) is 4.02. The highest BCUT2D eigenvalue weighted by Gasteiger charge is 2.43. The number of rotatable bonds is 4. The summed E-state index contributed by atoms with van der Waals surface area (Å²) < 4.78 is 6.47. The van der Waals surface area contributed by atoms with Gasteiger partial charge in [0.15, 0.2) is 5.96 Å². The fourth-order valence-electron chi connectivity index (χ4n) is 4.53. The molecule has 2 heterocycles. The van der Waals surface area contributed by atoms with Crippen molar-refractivity contribution >= 4 is 17.3 Å². The van der Waals surface area contributed by atoms with Gasteiger partial charge >= 0.3 is 0 Å². The van der Waals surface area contributed by atoms with Crippen molar-refractivity contribution in [2.24, 2.45) is 4.99 Å². The summed E-state index contributed by atoms with van der Waals surface area (Å²) >= 11 is 1.78. The van der Waals surface area contributed by atoms with E-state index in [2.05, 4.69) is 58.7 Å². The Morgan fingerprint density at radius 1 is 1.29 bits per heavy atom. The topological polar surface area (TPSA) is 58.5 Å². The van der Waals surface area contributed by atoms with Crippen molar-refractivity contribution in [3.8, 4) is 5.75 Å². The number of fused-ring (bicyclic) bond motifs is 1. The van der Waals surface area contributed by atoms with Crippen molar-refractivity contribution in [2.75, 3.05) is 13.6 Å². The Labute approximate surface area is 171 Å². The van der Waals surface area contributed by atoms with E-state index in [0.29, 0.717) is 0 Å². The lowest BCUT2D eigenvalue weighted by Gasteiger charge is -2.40.